The van der Waals surface area contributed by atoms with E-state index in [2.05, 4.69) is 21.0 Å². The maximum absolute atomic E-state index is 13.6. The van der Waals surface area contributed by atoms with Gasteiger partial charge < -0.3 is 5.11 Å². The number of amides is 1. The first kappa shape index (κ1) is 18.6. The van der Waals surface area contributed by atoms with Crippen LogP contribution in [0.3, 0.4) is 0 Å². The van der Waals surface area contributed by atoms with Gasteiger partial charge in [-0.15, -0.1) is 0 Å². The van der Waals surface area contributed by atoms with Gasteiger partial charge in [0.15, 0.2) is 0 Å². The lowest BCUT2D eigenvalue weighted by molar-refractivity contribution is -0.297. The number of aliphatic hydroxyl groups is 1. The van der Waals surface area contributed by atoms with E-state index in [0.29, 0.717) is 11.1 Å². The minimum atomic E-state index is -5.06. The molecule has 0 spiro atoms. The van der Waals surface area contributed by atoms with Crippen LogP contribution in [-0.4, -0.2) is 33.6 Å². The summed E-state index contributed by atoms with van der Waals surface area (Å²) in [6.07, 6.45) is -5.90. The molecule has 1 atom stereocenters. The number of aryl methyl sites for hydroxylation is 1. The number of halogens is 4. The summed E-state index contributed by atoms with van der Waals surface area (Å²) in [6.45, 7) is 1.72. The Morgan fingerprint density at radius 1 is 1.23 bits per heavy atom. The molecule has 1 aliphatic heterocycles. The van der Waals surface area contributed by atoms with Gasteiger partial charge in [0.2, 0.25) is 0 Å². The van der Waals surface area contributed by atoms with Crippen LogP contribution in [0.15, 0.2) is 58.1 Å². The van der Waals surface area contributed by atoms with Crippen molar-refractivity contribution in [2.45, 2.75) is 25.2 Å². The van der Waals surface area contributed by atoms with Crippen LogP contribution >= 0.6 is 15.9 Å². The van der Waals surface area contributed by atoms with Crippen LogP contribution < -0.4 is 0 Å². The second-order valence-corrected chi connectivity index (χ2v) is 6.95. The lowest BCUT2D eigenvalue weighted by Gasteiger charge is -2.32. The fourth-order valence-electron chi connectivity index (χ4n) is 2.68. The van der Waals surface area contributed by atoms with Crippen LogP contribution in [0.2, 0.25) is 0 Å². The summed E-state index contributed by atoms with van der Waals surface area (Å²) in [5.41, 5.74) is -2.28. The fourth-order valence-corrected chi connectivity index (χ4v) is 2.95. The van der Waals surface area contributed by atoms with Crippen molar-refractivity contribution in [2.75, 3.05) is 0 Å². The SMILES string of the molecule is Cc1cccc(C(=O)N2N=C(c3ccc(Br)cc3)CC2(O)C(F)(F)F)c1. The Balaban J connectivity index is 2.05. The van der Waals surface area contributed by atoms with Crippen molar-refractivity contribution >= 4 is 27.5 Å². The number of rotatable bonds is 2. The van der Waals surface area contributed by atoms with Crippen molar-refractivity contribution in [2.24, 2.45) is 5.10 Å². The Bertz CT molecular complexity index is 881. The molecule has 0 radical (unpaired) electrons. The third-order valence-electron chi connectivity index (χ3n) is 4.07. The second kappa shape index (κ2) is 6.51. The zero-order valence-corrected chi connectivity index (χ0v) is 15.2. The summed E-state index contributed by atoms with van der Waals surface area (Å²) >= 11 is 3.25. The third-order valence-corrected chi connectivity index (χ3v) is 4.60. The first-order valence-electron chi connectivity index (χ1n) is 7.65. The molecule has 8 heteroatoms. The molecule has 3 rings (SSSR count). The monoisotopic (exact) mass is 426 g/mol. The Morgan fingerprint density at radius 3 is 2.46 bits per heavy atom. The zero-order chi connectivity index (χ0) is 19.1. The van der Waals surface area contributed by atoms with E-state index in [4.69, 9.17) is 0 Å². The van der Waals surface area contributed by atoms with E-state index in [1.54, 1.807) is 43.3 Å². The molecule has 26 heavy (non-hydrogen) atoms. The molecule has 1 N–H and O–H groups in total. The number of carbonyl (C=O) groups excluding carboxylic acids is 1. The highest BCUT2D eigenvalue weighted by atomic mass is 79.9. The van der Waals surface area contributed by atoms with E-state index in [9.17, 15) is 23.1 Å². The molecule has 1 aliphatic rings. The Kier molecular flexibility index (Phi) is 4.66. The molecule has 0 aliphatic carbocycles. The van der Waals surface area contributed by atoms with Crippen molar-refractivity contribution in [1.29, 1.82) is 0 Å². The lowest BCUT2D eigenvalue weighted by Crippen LogP contribution is -2.56. The molecule has 4 nitrogen and oxygen atoms in total. The maximum Gasteiger partial charge on any atom is 0.438 e. The second-order valence-electron chi connectivity index (χ2n) is 6.03. The van der Waals surface area contributed by atoms with E-state index >= 15 is 0 Å². The van der Waals surface area contributed by atoms with Crippen LogP contribution in [0.5, 0.6) is 0 Å². The Morgan fingerprint density at radius 2 is 1.88 bits per heavy atom. The summed E-state index contributed by atoms with van der Waals surface area (Å²) in [4.78, 5) is 12.6. The minimum Gasteiger partial charge on any atom is -0.362 e. The van der Waals surface area contributed by atoms with E-state index in [-0.39, 0.29) is 16.3 Å². The lowest BCUT2D eigenvalue weighted by atomic mass is 10.0. The summed E-state index contributed by atoms with van der Waals surface area (Å²) < 4.78 is 41.5. The summed E-state index contributed by atoms with van der Waals surface area (Å²) in [5.74, 6) is -1.01. The van der Waals surface area contributed by atoms with Crippen molar-refractivity contribution in [3.05, 3.63) is 69.7 Å². The minimum absolute atomic E-state index is 0.0154. The molecule has 1 amide bonds. The molecule has 0 saturated carbocycles. The average Bonchev–Trinajstić information content (AvgIpc) is 2.94. The number of hydrogen-bond acceptors (Lipinski definition) is 3. The van der Waals surface area contributed by atoms with Crippen LogP contribution in [-0.2, 0) is 0 Å². The number of carbonyl (C=O) groups is 1. The number of alkyl halides is 3. The van der Waals surface area contributed by atoms with Crippen molar-refractivity contribution in [1.82, 2.24) is 5.01 Å². The van der Waals surface area contributed by atoms with Gasteiger partial charge in [0, 0.05) is 10.0 Å². The molecule has 0 saturated heterocycles. The third kappa shape index (κ3) is 3.26. The first-order valence-corrected chi connectivity index (χ1v) is 8.45. The Hall–Kier alpha value is -2.19. The normalized spacial score (nSPS) is 20.2. The van der Waals surface area contributed by atoms with Gasteiger partial charge in [0.05, 0.1) is 12.1 Å². The highest BCUT2D eigenvalue weighted by Crippen LogP contribution is 2.42. The molecule has 0 fully saturated rings. The molecule has 0 aromatic heterocycles. The van der Waals surface area contributed by atoms with Gasteiger partial charge in [-0.25, -0.2) is 0 Å². The highest BCUT2D eigenvalue weighted by Gasteiger charge is 2.63. The fraction of sp³-hybridized carbons (Fsp3) is 0.222. The number of hydrazone groups is 1. The summed E-state index contributed by atoms with van der Waals surface area (Å²) in [7, 11) is 0. The molecule has 0 bridgehead atoms. The van der Waals surface area contributed by atoms with Crippen molar-refractivity contribution in [3.63, 3.8) is 0 Å². The predicted octanol–water partition coefficient (Wildman–Crippen LogP) is 4.26. The van der Waals surface area contributed by atoms with Gasteiger partial charge in [-0.1, -0.05) is 45.8 Å². The summed E-state index contributed by atoms with van der Waals surface area (Å²) in [5, 5.41) is 14.3. The van der Waals surface area contributed by atoms with Gasteiger partial charge in [0.25, 0.3) is 11.6 Å². The van der Waals surface area contributed by atoms with Gasteiger partial charge in [0.1, 0.15) is 0 Å². The van der Waals surface area contributed by atoms with E-state index < -0.39 is 24.2 Å². The smallest absolute Gasteiger partial charge is 0.362 e. The van der Waals surface area contributed by atoms with Crippen molar-refractivity contribution < 1.29 is 23.1 Å². The van der Waals surface area contributed by atoms with E-state index in [1.165, 1.54) is 12.1 Å². The molecule has 136 valence electrons. The molecular formula is C18H14BrF3N2O2. The number of benzene rings is 2. The van der Waals surface area contributed by atoms with Gasteiger partial charge in [-0.05, 0) is 36.8 Å². The molecule has 2 aromatic carbocycles. The Labute approximate surface area is 156 Å². The average molecular weight is 427 g/mol. The van der Waals surface area contributed by atoms with Crippen LogP contribution in [0.1, 0.15) is 27.9 Å². The van der Waals surface area contributed by atoms with Gasteiger partial charge >= 0.3 is 6.18 Å². The number of hydrogen-bond donors (Lipinski definition) is 1. The maximum atomic E-state index is 13.6. The van der Waals surface area contributed by atoms with Gasteiger partial charge in [-0.3, -0.25) is 4.79 Å². The van der Waals surface area contributed by atoms with Crippen molar-refractivity contribution in [3.8, 4) is 0 Å². The highest BCUT2D eigenvalue weighted by molar-refractivity contribution is 9.10. The molecular weight excluding hydrogens is 413 g/mol. The van der Waals surface area contributed by atoms with Crippen LogP contribution in [0.25, 0.3) is 0 Å². The van der Waals surface area contributed by atoms with Gasteiger partial charge in [-0.2, -0.15) is 23.3 Å². The largest absolute Gasteiger partial charge is 0.438 e. The van der Waals surface area contributed by atoms with Crippen LogP contribution in [0.4, 0.5) is 13.2 Å². The van der Waals surface area contributed by atoms with E-state index in [0.717, 1.165) is 4.47 Å². The molecule has 1 heterocycles. The molecule has 2 aromatic rings. The topological polar surface area (TPSA) is 52.9 Å². The predicted molar refractivity (Wildman–Crippen MR) is 93.6 cm³/mol. The number of nitrogens with zero attached hydrogens (tertiary/aromatic N) is 2. The molecule has 1 unspecified atom stereocenters. The zero-order valence-electron chi connectivity index (χ0n) is 13.6. The first-order chi connectivity index (χ1) is 12.1. The van der Waals surface area contributed by atoms with E-state index in [1.807, 2.05) is 0 Å². The standard InChI is InChI=1S/C18H14BrF3N2O2/c1-11-3-2-4-13(9-11)16(25)24-17(26,18(20,21)22)10-15(23-24)12-5-7-14(19)8-6-12/h2-9,26H,10H2,1H3. The quantitative estimate of drug-likeness (QED) is 0.779. The van der Waals surface area contributed by atoms with Crippen LogP contribution in [0, 0.1) is 6.92 Å². The summed E-state index contributed by atoms with van der Waals surface area (Å²) in [6, 6.07) is 12.6.